The maximum atomic E-state index is 12.9. The van der Waals surface area contributed by atoms with Crippen molar-refractivity contribution in [3.8, 4) is 0 Å². The van der Waals surface area contributed by atoms with Crippen molar-refractivity contribution < 1.29 is 14.3 Å². The van der Waals surface area contributed by atoms with Crippen LogP contribution in [0.5, 0.6) is 0 Å². The topological polar surface area (TPSA) is 110 Å². The van der Waals surface area contributed by atoms with Gasteiger partial charge < -0.3 is 34.5 Å². The van der Waals surface area contributed by atoms with Crippen molar-refractivity contribution in [3.63, 3.8) is 0 Å². The Balaban J connectivity index is 1.28. The van der Waals surface area contributed by atoms with Gasteiger partial charge in [-0.25, -0.2) is 9.78 Å². The highest BCUT2D eigenvalue weighted by molar-refractivity contribution is 5.85. The van der Waals surface area contributed by atoms with Crippen molar-refractivity contribution in [1.82, 2.24) is 24.4 Å². The van der Waals surface area contributed by atoms with E-state index >= 15 is 0 Å². The molecule has 4 heterocycles. The molecule has 0 radical (unpaired) electrons. The molecule has 1 amide bonds. The summed E-state index contributed by atoms with van der Waals surface area (Å²) in [4.78, 5) is 31.5. The average Bonchev–Trinajstić information content (AvgIpc) is 3.45. The molecule has 4 aromatic rings. The van der Waals surface area contributed by atoms with Gasteiger partial charge in [0.05, 0.1) is 25.6 Å². The number of anilines is 4. The van der Waals surface area contributed by atoms with Gasteiger partial charge in [0.25, 0.3) is 0 Å². The monoisotopic (exact) mass is 584 g/mol. The van der Waals surface area contributed by atoms with Crippen LogP contribution < -0.4 is 15.5 Å². The average molecular weight is 585 g/mol. The molecular weight excluding hydrogens is 544 g/mol. The molecule has 2 N–H and O–H groups in total. The molecule has 1 atom stereocenters. The standard InChI is InChI=1S/C32H40N8O3/c1-32(2,3)43-31(41)39-15-7-10-26(21-39)40-22-34-27-28(33-20-23-8-5-4-6-9-23)36-30(37-29(27)40)35-24-11-13-25(14-12-24)38-16-18-42-19-17-38/h4-6,8-9,11-14,22,26H,7,10,15-21H2,1-3H3,(H2,33,35,36,37)/t26-/m0/s1. The first-order valence-electron chi connectivity index (χ1n) is 15.0. The number of ether oxygens (including phenoxy) is 2. The van der Waals surface area contributed by atoms with Gasteiger partial charge in [0.1, 0.15) is 5.60 Å². The summed E-state index contributed by atoms with van der Waals surface area (Å²) in [5.74, 6) is 1.13. The second-order valence-electron chi connectivity index (χ2n) is 12.1. The fourth-order valence-electron chi connectivity index (χ4n) is 5.52. The van der Waals surface area contributed by atoms with Crippen LogP contribution >= 0.6 is 0 Å². The number of carbonyl (C=O) groups is 1. The Labute approximate surface area is 252 Å². The maximum absolute atomic E-state index is 12.9. The third-order valence-corrected chi connectivity index (χ3v) is 7.67. The van der Waals surface area contributed by atoms with E-state index in [1.807, 2.05) is 57.4 Å². The third-order valence-electron chi connectivity index (χ3n) is 7.67. The number of hydrogen-bond donors (Lipinski definition) is 2. The highest BCUT2D eigenvalue weighted by atomic mass is 16.6. The minimum absolute atomic E-state index is 0.0174. The van der Waals surface area contributed by atoms with Crippen LogP contribution in [0.2, 0.25) is 0 Å². The van der Waals surface area contributed by atoms with Crippen molar-refractivity contribution in [2.45, 2.75) is 51.8 Å². The molecule has 2 aliphatic heterocycles. The van der Waals surface area contributed by atoms with E-state index in [-0.39, 0.29) is 12.1 Å². The number of rotatable bonds is 7. The molecular formula is C32H40N8O3. The number of amides is 1. The van der Waals surface area contributed by atoms with E-state index in [2.05, 4.69) is 44.4 Å². The highest BCUT2D eigenvalue weighted by Gasteiger charge is 2.30. The first-order chi connectivity index (χ1) is 20.8. The lowest BCUT2D eigenvalue weighted by molar-refractivity contribution is 0.0174. The largest absolute Gasteiger partial charge is 0.444 e. The summed E-state index contributed by atoms with van der Waals surface area (Å²) in [5.41, 5.74) is 4.07. The number of hydrogen-bond acceptors (Lipinski definition) is 9. The van der Waals surface area contributed by atoms with Gasteiger partial charge in [-0.1, -0.05) is 30.3 Å². The molecule has 11 nitrogen and oxygen atoms in total. The molecule has 0 aliphatic carbocycles. The minimum Gasteiger partial charge on any atom is -0.444 e. The van der Waals surface area contributed by atoms with Crippen LogP contribution in [0.1, 0.15) is 45.2 Å². The smallest absolute Gasteiger partial charge is 0.410 e. The summed E-state index contributed by atoms with van der Waals surface area (Å²) in [7, 11) is 0. The van der Waals surface area contributed by atoms with Gasteiger partial charge in [-0.3, -0.25) is 0 Å². The van der Waals surface area contributed by atoms with Crippen LogP contribution in [0, 0.1) is 0 Å². The Kier molecular flexibility index (Phi) is 8.33. The molecule has 2 aromatic carbocycles. The Morgan fingerprint density at radius 1 is 1.02 bits per heavy atom. The number of nitrogens with zero attached hydrogens (tertiary/aromatic N) is 6. The van der Waals surface area contributed by atoms with Crippen molar-refractivity contribution in [2.75, 3.05) is 54.9 Å². The van der Waals surface area contributed by atoms with Crippen LogP contribution in [0.25, 0.3) is 11.2 Å². The molecule has 43 heavy (non-hydrogen) atoms. The van der Waals surface area contributed by atoms with Gasteiger partial charge in [0.15, 0.2) is 17.0 Å². The zero-order chi connectivity index (χ0) is 29.8. The summed E-state index contributed by atoms with van der Waals surface area (Å²) in [6, 6.07) is 18.5. The predicted octanol–water partition coefficient (Wildman–Crippen LogP) is 5.59. The molecule has 6 rings (SSSR count). The van der Waals surface area contributed by atoms with Gasteiger partial charge in [-0.15, -0.1) is 0 Å². The van der Waals surface area contributed by atoms with E-state index in [1.54, 1.807) is 4.90 Å². The zero-order valence-corrected chi connectivity index (χ0v) is 25.1. The molecule has 0 saturated carbocycles. The Morgan fingerprint density at radius 3 is 2.53 bits per heavy atom. The molecule has 11 heteroatoms. The highest BCUT2D eigenvalue weighted by Crippen LogP contribution is 2.30. The third kappa shape index (κ3) is 6.99. The van der Waals surface area contributed by atoms with Crippen LogP contribution in [-0.2, 0) is 16.0 Å². The number of aromatic nitrogens is 4. The number of fused-ring (bicyclic) bond motifs is 1. The number of likely N-dealkylation sites (tertiary alicyclic amines) is 1. The first-order valence-corrected chi connectivity index (χ1v) is 15.0. The number of carbonyl (C=O) groups excluding carboxylic acids is 1. The molecule has 2 aliphatic rings. The first kappa shape index (κ1) is 28.7. The van der Waals surface area contributed by atoms with Crippen LogP contribution in [0.3, 0.4) is 0 Å². The molecule has 2 aromatic heterocycles. The lowest BCUT2D eigenvalue weighted by atomic mass is 10.1. The van der Waals surface area contributed by atoms with Crippen molar-refractivity contribution in [1.29, 1.82) is 0 Å². The lowest BCUT2D eigenvalue weighted by Gasteiger charge is -2.34. The molecule has 0 bridgehead atoms. The second kappa shape index (κ2) is 12.5. The predicted molar refractivity (Wildman–Crippen MR) is 168 cm³/mol. The second-order valence-corrected chi connectivity index (χ2v) is 12.1. The van der Waals surface area contributed by atoms with Crippen molar-refractivity contribution >= 4 is 40.4 Å². The fourth-order valence-corrected chi connectivity index (χ4v) is 5.52. The summed E-state index contributed by atoms with van der Waals surface area (Å²) < 4.78 is 13.2. The van der Waals surface area contributed by atoms with Crippen LogP contribution in [-0.4, -0.2) is 75.5 Å². The Morgan fingerprint density at radius 2 is 1.79 bits per heavy atom. The molecule has 0 spiro atoms. The van der Waals surface area contributed by atoms with Crippen molar-refractivity contribution in [2.24, 2.45) is 0 Å². The van der Waals surface area contributed by atoms with E-state index in [4.69, 9.17) is 24.4 Å². The number of nitrogens with one attached hydrogen (secondary N) is 2. The zero-order valence-electron chi connectivity index (χ0n) is 25.1. The van der Waals surface area contributed by atoms with E-state index < -0.39 is 5.60 Å². The molecule has 2 saturated heterocycles. The maximum Gasteiger partial charge on any atom is 0.410 e. The molecule has 226 valence electrons. The number of imidazole rings is 1. The summed E-state index contributed by atoms with van der Waals surface area (Å²) in [6.07, 6.45) is 3.31. The molecule has 2 fully saturated rings. The number of benzene rings is 2. The number of piperidine rings is 1. The van der Waals surface area contributed by atoms with Gasteiger partial charge in [0.2, 0.25) is 5.95 Å². The fraction of sp³-hybridized carbons (Fsp3) is 0.438. The van der Waals surface area contributed by atoms with Gasteiger partial charge >= 0.3 is 6.09 Å². The number of morpholine rings is 1. The van der Waals surface area contributed by atoms with Crippen molar-refractivity contribution in [3.05, 3.63) is 66.5 Å². The van der Waals surface area contributed by atoms with Crippen LogP contribution in [0.15, 0.2) is 60.9 Å². The summed E-state index contributed by atoms with van der Waals surface area (Å²) >= 11 is 0. The van der Waals surface area contributed by atoms with Gasteiger partial charge in [-0.2, -0.15) is 9.97 Å². The summed E-state index contributed by atoms with van der Waals surface area (Å²) in [5, 5.41) is 6.89. The Hall–Kier alpha value is -4.38. The SMILES string of the molecule is CC(C)(C)OC(=O)N1CCC[C@H](n2cnc3c(NCc4ccccc4)nc(Nc4ccc(N5CCOCC5)cc4)nc32)C1. The minimum atomic E-state index is -0.542. The van der Waals surface area contributed by atoms with E-state index in [1.165, 1.54) is 5.69 Å². The normalized spacial score (nSPS) is 17.6. The Bertz CT molecular complexity index is 1530. The van der Waals surface area contributed by atoms with Gasteiger partial charge in [-0.05, 0) is 63.4 Å². The van der Waals surface area contributed by atoms with E-state index in [9.17, 15) is 4.79 Å². The quantitative estimate of drug-likeness (QED) is 0.287. The summed E-state index contributed by atoms with van der Waals surface area (Å²) in [6.45, 7) is 10.7. The van der Waals surface area contributed by atoms with Gasteiger partial charge in [0, 0.05) is 44.1 Å². The van der Waals surface area contributed by atoms with Crippen LogP contribution in [0.4, 0.5) is 27.9 Å². The van der Waals surface area contributed by atoms with E-state index in [0.29, 0.717) is 42.6 Å². The molecule has 0 unspecified atom stereocenters. The lowest BCUT2D eigenvalue weighted by Crippen LogP contribution is -2.43. The van der Waals surface area contributed by atoms with E-state index in [0.717, 1.165) is 50.4 Å².